The predicted molar refractivity (Wildman–Crippen MR) is 96.0 cm³/mol. The number of aromatic carboxylic acids is 2. The summed E-state index contributed by atoms with van der Waals surface area (Å²) in [5.74, 6) is -1.29. The van der Waals surface area contributed by atoms with E-state index in [2.05, 4.69) is 6.92 Å². The van der Waals surface area contributed by atoms with Crippen molar-refractivity contribution in [1.29, 1.82) is 0 Å². The molecule has 0 atom stereocenters. The quantitative estimate of drug-likeness (QED) is 0.481. The van der Waals surface area contributed by atoms with Gasteiger partial charge in [-0.2, -0.15) is 0 Å². The molecule has 0 heterocycles. The van der Waals surface area contributed by atoms with Gasteiger partial charge in [-0.15, -0.1) is 0 Å². The monoisotopic (exact) mass is 358 g/mol. The third-order valence-electron chi connectivity index (χ3n) is 3.74. The average Bonchev–Trinajstić information content (AvgIpc) is 2.62. The molecule has 2 aromatic carbocycles. The van der Waals surface area contributed by atoms with E-state index in [1.54, 1.807) is 24.3 Å². The number of carboxylic acid groups (broad SMARTS) is 2. The van der Waals surface area contributed by atoms with Gasteiger partial charge in [-0.05, 0) is 42.8 Å². The van der Waals surface area contributed by atoms with Crippen molar-refractivity contribution in [2.24, 2.45) is 0 Å². The number of carbonyl (C=O) groups is 2. The van der Waals surface area contributed by atoms with Crippen LogP contribution in [0.1, 0.15) is 53.3 Å². The fourth-order valence-electron chi connectivity index (χ4n) is 2.41. The fraction of sp³-hybridized carbons (Fsp3) is 0.300. The second kappa shape index (κ2) is 9.46. The van der Waals surface area contributed by atoms with Crippen molar-refractivity contribution in [2.75, 3.05) is 0 Å². The standard InChI is InChI=1S/C20H22O6/c1-2-3-4-11-18(25-16-9-5-7-14(12-16)19(21)22)26-17-10-6-8-15(13-17)20(23)24/h5-10,12-13,18H,2-4,11H2,1H3,(H,21,22)(H,23,24). The number of carboxylic acids is 2. The number of rotatable bonds is 10. The highest BCUT2D eigenvalue weighted by molar-refractivity contribution is 5.88. The summed E-state index contributed by atoms with van der Waals surface area (Å²) in [6.45, 7) is 2.09. The Hall–Kier alpha value is -3.02. The molecule has 0 aromatic heterocycles. The van der Waals surface area contributed by atoms with Crippen LogP contribution in [0.4, 0.5) is 0 Å². The molecule has 2 rings (SSSR count). The van der Waals surface area contributed by atoms with Gasteiger partial charge in [0.25, 0.3) is 0 Å². The van der Waals surface area contributed by atoms with Gasteiger partial charge in [-0.1, -0.05) is 31.9 Å². The molecule has 0 aliphatic carbocycles. The summed E-state index contributed by atoms with van der Waals surface area (Å²) < 4.78 is 11.6. The molecule has 26 heavy (non-hydrogen) atoms. The zero-order chi connectivity index (χ0) is 18.9. The molecule has 6 heteroatoms. The number of hydrogen-bond donors (Lipinski definition) is 2. The van der Waals surface area contributed by atoms with Crippen LogP contribution in [0.5, 0.6) is 11.5 Å². The van der Waals surface area contributed by atoms with Gasteiger partial charge in [0.15, 0.2) is 0 Å². The van der Waals surface area contributed by atoms with E-state index in [1.165, 1.54) is 24.3 Å². The van der Waals surface area contributed by atoms with Crippen molar-refractivity contribution >= 4 is 11.9 Å². The van der Waals surface area contributed by atoms with Crippen LogP contribution in [0.3, 0.4) is 0 Å². The highest BCUT2D eigenvalue weighted by atomic mass is 16.7. The third kappa shape index (κ3) is 5.81. The van der Waals surface area contributed by atoms with E-state index in [0.717, 1.165) is 19.3 Å². The molecule has 0 saturated carbocycles. The lowest BCUT2D eigenvalue weighted by Gasteiger charge is -2.21. The Balaban J connectivity index is 2.15. The summed E-state index contributed by atoms with van der Waals surface area (Å²) >= 11 is 0. The Labute approximate surface area is 152 Å². The number of unbranched alkanes of at least 4 members (excludes halogenated alkanes) is 2. The van der Waals surface area contributed by atoms with E-state index in [4.69, 9.17) is 19.7 Å². The summed E-state index contributed by atoms with van der Waals surface area (Å²) in [7, 11) is 0. The first-order valence-electron chi connectivity index (χ1n) is 8.49. The third-order valence-corrected chi connectivity index (χ3v) is 3.74. The van der Waals surface area contributed by atoms with Crippen molar-refractivity contribution in [3.63, 3.8) is 0 Å². The van der Waals surface area contributed by atoms with Gasteiger partial charge >= 0.3 is 11.9 Å². The minimum Gasteiger partial charge on any atom is -0.478 e. The molecule has 0 saturated heterocycles. The number of ether oxygens (including phenoxy) is 2. The molecule has 6 nitrogen and oxygen atoms in total. The van der Waals surface area contributed by atoms with Crippen LogP contribution in [0, 0.1) is 0 Å². The Morgan fingerprint density at radius 1 is 0.885 bits per heavy atom. The van der Waals surface area contributed by atoms with Gasteiger partial charge in [0.1, 0.15) is 11.5 Å². The van der Waals surface area contributed by atoms with Crippen molar-refractivity contribution in [3.8, 4) is 11.5 Å². The van der Waals surface area contributed by atoms with Crippen LogP contribution in [0.15, 0.2) is 48.5 Å². The molecular weight excluding hydrogens is 336 g/mol. The second-order valence-corrected chi connectivity index (χ2v) is 5.83. The van der Waals surface area contributed by atoms with E-state index < -0.39 is 18.2 Å². The fourth-order valence-corrected chi connectivity index (χ4v) is 2.41. The summed E-state index contributed by atoms with van der Waals surface area (Å²) in [5.41, 5.74) is 0.255. The zero-order valence-electron chi connectivity index (χ0n) is 14.6. The highest BCUT2D eigenvalue weighted by Crippen LogP contribution is 2.21. The first kappa shape index (κ1) is 19.3. The SMILES string of the molecule is CCCCCC(Oc1cccc(C(=O)O)c1)Oc1cccc(C(=O)O)c1. The minimum atomic E-state index is -1.03. The smallest absolute Gasteiger partial charge is 0.335 e. The van der Waals surface area contributed by atoms with Crippen molar-refractivity contribution < 1.29 is 29.3 Å². The van der Waals surface area contributed by atoms with E-state index in [0.29, 0.717) is 17.9 Å². The summed E-state index contributed by atoms with van der Waals surface area (Å²) in [5, 5.41) is 18.2. The lowest BCUT2D eigenvalue weighted by Crippen LogP contribution is -2.24. The number of benzene rings is 2. The normalized spacial score (nSPS) is 10.5. The van der Waals surface area contributed by atoms with Gasteiger partial charge in [0, 0.05) is 6.42 Å². The molecule has 0 aliphatic rings. The van der Waals surface area contributed by atoms with Crippen molar-refractivity contribution in [1.82, 2.24) is 0 Å². The molecule has 0 fully saturated rings. The zero-order valence-corrected chi connectivity index (χ0v) is 14.6. The lowest BCUT2D eigenvalue weighted by atomic mass is 10.2. The molecule has 0 aliphatic heterocycles. The summed E-state index contributed by atoms with van der Waals surface area (Å²) in [4.78, 5) is 22.2. The Morgan fingerprint density at radius 3 is 1.81 bits per heavy atom. The van der Waals surface area contributed by atoms with Crippen LogP contribution in [0.25, 0.3) is 0 Å². The van der Waals surface area contributed by atoms with E-state index in [-0.39, 0.29) is 11.1 Å². The minimum absolute atomic E-state index is 0.127. The molecule has 2 N–H and O–H groups in total. The Morgan fingerprint density at radius 2 is 1.38 bits per heavy atom. The molecule has 138 valence electrons. The maximum atomic E-state index is 11.1. The lowest BCUT2D eigenvalue weighted by molar-refractivity contribution is -0.00259. The Kier molecular flexibility index (Phi) is 7.02. The van der Waals surface area contributed by atoms with Gasteiger partial charge in [0.05, 0.1) is 11.1 Å². The van der Waals surface area contributed by atoms with E-state index >= 15 is 0 Å². The van der Waals surface area contributed by atoms with Crippen molar-refractivity contribution in [2.45, 2.75) is 38.9 Å². The van der Waals surface area contributed by atoms with Gasteiger partial charge in [-0.25, -0.2) is 9.59 Å². The average molecular weight is 358 g/mol. The predicted octanol–water partition coefficient (Wildman–Crippen LogP) is 4.45. The summed E-state index contributed by atoms with van der Waals surface area (Å²) in [6, 6.07) is 12.4. The van der Waals surface area contributed by atoms with E-state index in [1.807, 2.05) is 0 Å². The molecule has 0 spiro atoms. The summed E-state index contributed by atoms with van der Waals surface area (Å²) in [6.07, 6.45) is 2.87. The molecular formula is C20H22O6. The maximum Gasteiger partial charge on any atom is 0.335 e. The van der Waals surface area contributed by atoms with Crippen LogP contribution >= 0.6 is 0 Å². The van der Waals surface area contributed by atoms with Crippen molar-refractivity contribution in [3.05, 3.63) is 59.7 Å². The van der Waals surface area contributed by atoms with Gasteiger partial charge in [-0.3, -0.25) is 0 Å². The van der Waals surface area contributed by atoms with Crippen LogP contribution in [-0.2, 0) is 0 Å². The Bertz CT molecular complexity index is 696. The maximum absolute atomic E-state index is 11.1. The van der Waals surface area contributed by atoms with E-state index in [9.17, 15) is 9.59 Å². The van der Waals surface area contributed by atoms with Gasteiger partial charge in [0.2, 0.25) is 6.29 Å². The van der Waals surface area contributed by atoms with Crippen LogP contribution in [0.2, 0.25) is 0 Å². The molecule has 2 aromatic rings. The second-order valence-electron chi connectivity index (χ2n) is 5.83. The molecule has 0 unspecified atom stereocenters. The van der Waals surface area contributed by atoms with Crippen LogP contribution < -0.4 is 9.47 Å². The first-order chi connectivity index (χ1) is 12.5. The number of hydrogen-bond acceptors (Lipinski definition) is 4. The molecule has 0 bridgehead atoms. The van der Waals surface area contributed by atoms with Gasteiger partial charge < -0.3 is 19.7 Å². The topological polar surface area (TPSA) is 93.1 Å². The largest absolute Gasteiger partial charge is 0.478 e. The highest BCUT2D eigenvalue weighted by Gasteiger charge is 2.15. The molecule has 0 amide bonds. The van der Waals surface area contributed by atoms with Crippen LogP contribution in [-0.4, -0.2) is 28.4 Å². The molecule has 0 radical (unpaired) electrons. The first-order valence-corrected chi connectivity index (χ1v) is 8.49.